The Hall–Kier alpha value is -4.76. The van der Waals surface area contributed by atoms with Gasteiger partial charge >= 0.3 is 0 Å². The maximum atomic E-state index is 13.2. The van der Waals surface area contributed by atoms with E-state index in [-0.39, 0.29) is 23.3 Å². The first-order valence-electron chi connectivity index (χ1n) is 12.3. The third kappa shape index (κ3) is 4.12. The molecule has 0 atom stereocenters. The van der Waals surface area contributed by atoms with Gasteiger partial charge in [0.25, 0.3) is 5.91 Å². The molecule has 0 N–H and O–H groups in total. The number of rotatable bonds is 3. The van der Waals surface area contributed by atoms with Gasteiger partial charge in [-0.2, -0.15) is 0 Å². The lowest BCUT2D eigenvalue weighted by molar-refractivity contribution is -0.116. The molecule has 6 rings (SSSR count). The van der Waals surface area contributed by atoms with E-state index >= 15 is 0 Å². The number of ether oxygens (including phenoxy) is 1. The van der Waals surface area contributed by atoms with Crippen LogP contribution in [0.3, 0.4) is 0 Å². The highest BCUT2D eigenvalue weighted by Crippen LogP contribution is 2.36. The standard InChI is InChI=1S/C29H23N5O4/c1-18(35)34-26-5-3-2-4-21(26)28(36)27(34)16-20-15-23(25-17-30-8-9-31-25)22-14-19(6-7-24(22)32-20)29(37)33-10-12-38-13-11-33/h2-9,14-17H,10-13H2,1H3/b27-16+. The first-order valence-corrected chi connectivity index (χ1v) is 12.3. The average molecular weight is 506 g/mol. The van der Waals surface area contributed by atoms with Gasteiger partial charge in [0.2, 0.25) is 11.7 Å². The monoisotopic (exact) mass is 505 g/mol. The molecule has 1 saturated heterocycles. The van der Waals surface area contributed by atoms with Crippen molar-refractivity contribution in [2.75, 3.05) is 31.2 Å². The first kappa shape index (κ1) is 23.6. The number of amides is 2. The first-order chi connectivity index (χ1) is 18.5. The summed E-state index contributed by atoms with van der Waals surface area (Å²) < 4.78 is 5.38. The van der Waals surface area contributed by atoms with E-state index in [9.17, 15) is 14.4 Å². The Morgan fingerprint density at radius 3 is 2.58 bits per heavy atom. The Bertz CT molecular complexity index is 1630. The number of fused-ring (bicyclic) bond motifs is 2. The summed E-state index contributed by atoms with van der Waals surface area (Å²) in [5.74, 6) is -0.584. The molecule has 0 bridgehead atoms. The summed E-state index contributed by atoms with van der Waals surface area (Å²) in [6, 6.07) is 14.2. The molecule has 2 aliphatic heterocycles. The summed E-state index contributed by atoms with van der Waals surface area (Å²) in [5, 5.41) is 0.733. The van der Waals surface area contributed by atoms with Crippen LogP contribution in [0, 0.1) is 0 Å². The third-order valence-corrected chi connectivity index (χ3v) is 6.68. The van der Waals surface area contributed by atoms with Gasteiger partial charge in [0.15, 0.2) is 0 Å². The number of Topliss-reactive ketones (excluding diaryl/α,β-unsaturated/α-hetero) is 1. The van der Waals surface area contributed by atoms with E-state index in [1.54, 1.807) is 72.0 Å². The molecule has 0 unspecified atom stereocenters. The number of hydrogen-bond acceptors (Lipinski definition) is 7. The minimum atomic E-state index is -0.268. The van der Waals surface area contributed by atoms with E-state index in [2.05, 4.69) is 9.97 Å². The molecule has 2 aliphatic rings. The normalized spacial score (nSPS) is 16.2. The number of hydrogen-bond donors (Lipinski definition) is 0. The second kappa shape index (κ2) is 9.60. The number of ketones is 1. The third-order valence-electron chi connectivity index (χ3n) is 6.68. The molecule has 1 fully saturated rings. The van der Waals surface area contributed by atoms with E-state index in [0.717, 1.165) is 5.39 Å². The van der Waals surface area contributed by atoms with Crippen LogP contribution in [0.15, 0.2) is 72.8 Å². The number of pyridine rings is 1. The number of anilines is 1. The van der Waals surface area contributed by atoms with Gasteiger partial charge in [-0.3, -0.25) is 29.3 Å². The Morgan fingerprint density at radius 2 is 1.82 bits per heavy atom. The number of carbonyl (C=O) groups excluding carboxylic acids is 3. The van der Waals surface area contributed by atoms with E-state index in [1.807, 2.05) is 6.07 Å². The van der Waals surface area contributed by atoms with Gasteiger partial charge in [0, 0.05) is 54.5 Å². The Kier molecular flexibility index (Phi) is 5.97. The SMILES string of the molecule is CC(=O)N1/C(=C/c2cc(-c3cnccn3)c3cc(C(=O)N4CCOCC4)ccc3n2)C(=O)c2ccccc21. The zero-order valence-corrected chi connectivity index (χ0v) is 20.6. The minimum absolute atomic E-state index is 0.0714. The van der Waals surface area contributed by atoms with Crippen LogP contribution >= 0.6 is 0 Å². The lowest BCUT2D eigenvalue weighted by Gasteiger charge is -2.27. The molecule has 9 heteroatoms. The molecular weight excluding hydrogens is 482 g/mol. The van der Waals surface area contributed by atoms with E-state index < -0.39 is 0 Å². The molecule has 188 valence electrons. The van der Waals surface area contributed by atoms with Crippen LogP contribution in [0.25, 0.3) is 28.2 Å². The van der Waals surface area contributed by atoms with Gasteiger partial charge < -0.3 is 9.64 Å². The van der Waals surface area contributed by atoms with Crippen LogP contribution in [0.4, 0.5) is 5.69 Å². The summed E-state index contributed by atoms with van der Waals surface area (Å²) >= 11 is 0. The van der Waals surface area contributed by atoms with Crippen molar-refractivity contribution in [3.05, 3.63) is 89.6 Å². The molecule has 0 saturated carbocycles. The van der Waals surface area contributed by atoms with E-state index in [1.165, 1.54) is 11.8 Å². The molecule has 38 heavy (non-hydrogen) atoms. The lowest BCUT2D eigenvalue weighted by atomic mass is 10.0. The van der Waals surface area contributed by atoms with Gasteiger partial charge in [-0.05, 0) is 42.5 Å². The van der Waals surface area contributed by atoms with Crippen LogP contribution in [-0.2, 0) is 9.53 Å². The van der Waals surface area contributed by atoms with Gasteiger partial charge in [0.05, 0.1) is 47.7 Å². The molecule has 2 aromatic heterocycles. The van der Waals surface area contributed by atoms with Gasteiger partial charge in [-0.15, -0.1) is 0 Å². The largest absolute Gasteiger partial charge is 0.378 e. The molecule has 4 heterocycles. The van der Waals surface area contributed by atoms with Crippen LogP contribution < -0.4 is 4.90 Å². The highest BCUT2D eigenvalue weighted by molar-refractivity contribution is 6.26. The van der Waals surface area contributed by atoms with Crippen LogP contribution in [0.1, 0.15) is 33.3 Å². The highest BCUT2D eigenvalue weighted by Gasteiger charge is 2.34. The van der Waals surface area contributed by atoms with Crippen molar-refractivity contribution in [2.45, 2.75) is 6.92 Å². The number of nitrogens with zero attached hydrogens (tertiary/aromatic N) is 5. The zero-order valence-electron chi connectivity index (χ0n) is 20.6. The van der Waals surface area contributed by atoms with Crippen molar-refractivity contribution < 1.29 is 19.1 Å². The lowest BCUT2D eigenvalue weighted by Crippen LogP contribution is -2.40. The van der Waals surface area contributed by atoms with Crippen molar-refractivity contribution in [3.63, 3.8) is 0 Å². The smallest absolute Gasteiger partial charge is 0.254 e. The van der Waals surface area contributed by atoms with Crippen LogP contribution in [0.2, 0.25) is 0 Å². The predicted octanol–water partition coefficient (Wildman–Crippen LogP) is 3.75. The number of benzene rings is 2. The average Bonchev–Trinajstić information content (AvgIpc) is 3.24. The minimum Gasteiger partial charge on any atom is -0.378 e. The topological polar surface area (TPSA) is 106 Å². The summed E-state index contributed by atoms with van der Waals surface area (Å²) in [5.41, 5.74) is 4.21. The van der Waals surface area contributed by atoms with Crippen molar-refractivity contribution in [1.29, 1.82) is 0 Å². The van der Waals surface area contributed by atoms with E-state index in [4.69, 9.17) is 9.72 Å². The van der Waals surface area contributed by atoms with Crippen molar-refractivity contribution in [1.82, 2.24) is 19.9 Å². The summed E-state index contributed by atoms with van der Waals surface area (Å²) in [7, 11) is 0. The fourth-order valence-corrected chi connectivity index (χ4v) is 4.89. The number of carbonyl (C=O) groups is 3. The number of aromatic nitrogens is 3. The maximum Gasteiger partial charge on any atom is 0.254 e. The van der Waals surface area contributed by atoms with Crippen molar-refractivity contribution in [3.8, 4) is 11.3 Å². The van der Waals surface area contributed by atoms with Crippen molar-refractivity contribution in [2.24, 2.45) is 0 Å². The van der Waals surface area contributed by atoms with Crippen LogP contribution in [0.5, 0.6) is 0 Å². The predicted molar refractivity (Wildman–Crippen MR) is 141 cm³/mol. The summed E-state index contributed by atoms with van der Waals surface area (Å²) in [4.78, 5) is 55.6. The molecule has 2 amide bonds. The molecular formula is C29H23N5O4. The van der Waals surface area contributed by atoms with E-state index in [0.29, 0.717) is 65.6 Å². The Labute approximate surface area is 218 Å². The molecule has 4 aromatic rings. The zero-order chi connectivity index (χ0) is 26.2. The van der Waals surface area contributed by atoms with Gasteiger partial charge in [-0.25, -0.2) is 4.98 Å². The summed E-state index contributed by atoms with van der Waals surface area (Å²) in [6.07, 6.45) is 6.44. The Balaban J connectivity index is 1.49. The fourth-order valence-electron chi connectivity index (χ4n) is 4.89. The Morgan fingerprint density at radius 1 is 1.00 bits per heavy atom. The van der Waals surface area contributed by atoms with Gasteiger partial charge in [0.1, 0.15) is 0 Å². The quantitative estimate of drug-likeness (QED) is 0.391. The van der Waals surface area contributed by atoms with Crippen molar-refractivity contribution >= 4 is 40.3 Å². The maximum absolute atomic E-state index is 13.2. The second-order valence-corrected chi connectivity index (χ2v) is 9.05. The van der Waals surface area contributed by atoms with Gasteiger partial charge in [-0.1, -0.05) is 12.1 Å². The fraction of sp³-hybridized carbons (Fsp3) is 0.172. The second-order valence-electron chi connectivity index (χ2n) is 9.05. The molecule has 0 radical (unpaired) electrons. The molecule has 0 spiro atoms. The number of para-hydroxylation sites is 1. The molecule has 0 aliphatic carbocycles. The number of morpholine rings is 1. The highest BCUT2D eigenvalue weighted by atomic mass is 16.5. The summed E-state index contributed by atoms with van der Waals surface area (Å²) in [6.45, 7) is 3.55. The van der Waals surface area contributed by atoms with Crippen LogP contribution in [-0.4, -0.2) is 63.8 Å². The molecule has 9 nitrogen and oxygen atoms in total. The number of allylic oxidation sites excluding steroid dienone is 1. The molecule has 2 aromatic carbocycles.